The van der Waals surface area contributed by atoms with Gasteiger partial charge in [-0.15, -0.1) is 0 Å². The second-order valence-electron chi connectivity index (χ2n) is 6.14. The quantitative estimate of drug-likeness (QED) is 0.828. The molecule has 132 valence electrons. The molecule has 1 aliphatic rings. The smallest absolute Gasteiger partial charge is 0.260 e. The molecule has 1 aromatic rings. The van der Waals surface area contributed by atoms with Gasteiger partial charge < -0.3 is 20.1 Å². The summed E-state index contributed by atoms with van der Waals surface area (Å²) in [6.45, 7) is 3.25. The molecule has 0 aromatic heterocycles. The van der Waals surface area contributed by atoms with Gasteiger partial charge in [0.05, 0.1) is 11.7 Å². The summed E-state index contributed by atoms with van der Waals surface area (Å²) < 4.78 is 5.61. The van der Waals surface area contributed by atoms with Crippen LogP contribution in [-0.4, -0.2) is 54.2 Å². The van der Waals surface area contributed by atoms with Gasteiger partial charge in [0.25, 0.3) is 11.8 Å². The van der Waals surface area contributed by atoms with E-state index in [1.165, 1.54) is 0 Å². The number of carbonyl (C=O) groups excluding carboxylic acids is 2. The Bertz CT molecular complexity index is 552. The lowest BCUT2D eigenvalue weighted by Gasteiger charge is -2.20. The molecular formula is C18H26N2O4. The fraction of sp³-hybridized carbons (Fsp3) is 0.556. The lowest BCUT2D eigenvalue weighted by molar-refractivity contribution is -0.133. The van der Waals surface area contributed by atoms with Crippen LogP contribution in [0.2, 0.25) is 0 Å². The summed E-state index contributed by atoms with van der Waals surface area (Å²) in [6, 6.07) is 6.81. The van der Waals surface area contributed by atoms with Gasteiger partial charge in [0.15, 0.2) is 6.61 Å². The summed E-state index contributed by atoms with van der Waals surface area (Å²) in [4.78, 5) is 26.3. The first-order chi connectivity index (χ1) is 11.6. The van der Waals surface area contributed by atoms with Crippen LogP contribution in [0.1, 0.15) is 43.0 Å². The highest BCUT2D eigenvalue weighted by atomic mass is 16.5. The molecule has 0 radical (unpaired) electrons. The number of benzene rings is 1. The molecule has 2 amide bonds. The summed E-state index contributed by atoms with van der Waals surface area (Å²) >= 11 is 0. The number of aliphatic hydroxyl groups is 1. The van der Waals surface area contributed by atoms with Crippen LogP contribution in [0, 0.1) is 0 Å². The molecule has 0 saturated carbocycles. The predicted molar refractivity (Wildman–Crippen MR) is 91.0 cm³/mol. The predicted octanol–water partition coefficient (Wildman–Crippen LogP) is 1.58. The van der Waals surface area contributed by atoms with Crippen LogP contribution < -0.4 is 10.1 Å². The van der Waals surface area contributed by atoms with Crippen molar-refractivity contribution >= 4 is 11.8 Å². The average Bonchev–Trinajstić information content (AvgIpc) is 2.87. The number of nitrogens with one attached hydrogen (secondary N) is 1. The lowest BCUT2D eigenvalue weighted by Crippen LogP contribution is -2.36. The molecule has 24 heavy (non-hydrogen) atoms. The molecule has 1 fully saturated rings. The van der Waals surface area contributed by atoms with Crippen LogP contribution >= 0.6 is 0 Å². The van der Waals surface area contributed by atoms with E-state index in [0.717, 1.165) is 38.8 Å². The van der Waals surface area contributed by atoms with Crippen LogP contribution in [0.3, 0.4) is 0 Å². The molecule has 1 atom stereocenters. The number of ether oxygens (including phenoxy) is 1. The Balaban J connectivity index is 1.94. The highest BCUT2D eigenvalue weighted by Gasteiger charge is 2.18. The summed E-state index contributed by atoms with van der Waals surface area (Å²) in [5.41, 5.74) is 0.363. The second kappa shape index (κ2) is 9.27. The maximum Gasteiger partial charge on any atom is 0.260 e. The molecular weight excluding hydrogens is 308 g/mol. The number of hydrogen-bond donors (Lipinski definition) is 2. The third-order valence-corrected chi connectivity index (χ3v) is 4.00. The number of nitrogens with zero attached hydrogens (tertiary/aromatic N) is 1. The summed E-state index contributed by atoms with van der Waals surface area (Å²) in [7, 11) is 0. The van der Waals surface area contributed by atoms with Gasteiger partial charge in [0.2, 0.25) is 0 Å². The Kier molecular flexibility index (Phi) is 7.06. The van der Waals surface area contributed by atoms with E-state index in [2.05, 4.69) is 5.32 Å². The van der Waals surface area contributed by atoms with Crippen molar-refractivity contribution in [3.8, 4) is 5.75 Å². The molecule has 1 heterocycles. The van der Waals surface area contributed by atoms with Gasteiger partial charge in [-0.25, -0.2) is 0 Å². The Morgan fingerprint density at radius 3 is 2.54 bits per heavy atom. The van der Waals surface area contributed by atoms with E-state index in [-0.39, 0.29) is 25.0 Å². The highest BCUT2D eigenvalue weighted by Crippen LogP contribution is 2.18. The van der Waals surface area contributed by atoms with Crippen molar-refractivity contribution in [2.45, 2.75) is 38.7 Å². The number of rotatable bonds is 6. The van der Waals surface area contributed by atoms with Gasteiger partial charge in [0.1, 0.15) is 5.75 Å². The van der Waals surface area contributed by atoms with E-state index in [4.69, 9.17) is 4.74 Å². The van der Waals surface area contributed by atoms with Gasteiger partial charge in [-0.1, -0.05) is 25.0 Å². The number of hydrogen-bond acceptors (Lipinski definition) is 4. The normalized spacial score (nSPS) is 16.2. The number of aliphatic hydroxyl groups excluding tert-OH is 1. The average molecular weight is 334 g/mol. The van der Waals surface area contributed by atoms with Gasteiger partial charge in [0, 0.05) is 19.6 Å². The zero-order chi connectivity index (χ0) is 17.4. The SMILES string of the molecule is CC(O)CNC(=O)c1ccccc1OCC(=O)N1CCCCCC1. The maximum atomic E-state index is 12.3. The van der Waals surface area contributed by atoms with E-state index in [9.17, 15) is 14.7 Å². The zero-order valence-corrected chi connectivity index (χ0v) is 14.2. The summed E-state index contributed by atoms with van der Waals surface area (Å²) in [5.74, 6) is 0.00794. The first kappa shape index (κ1) is 18.3. The standard InChI is InChI=1S/C18H26N2O4/c1-14(21)12-19-18(23)15-8-4-5-9-16(15)24-13-17(22)20-10-6-2-3-7-11-20/h4-5,8-9,14,21H,2-3,6-7,10-13H2,1H3,(H,19,23). The molecule has 6 nitrogen and oxygen atoms in total. The Morgan fingerprint density at radius 2 is 1.88 bits per heavy atom. The minimum atomic E-state index is -0.619. The van der Waals surface area contributed by atoms with Crippen LogP contribution in [0.5, 0.6) is 5.75 Å². The number of likely N-dealkylation sites (tertiary alicyclic amines) is 1. The van der Waals surface area contributed by atoms with Crippen molar-refractivity contribution in [3.05, 3.63) is 29.8 Å². The van der Waals surface area contributed by atoms with Crippen LogP contribution in [0.4, 0.5) is 0 Å². The molecule has 1 aromatic carbocycles. The maximum absolute atomic E-state index is 12.3. The molecule has 2 N–H and O–H groups in total. The fourth-order valence-corrected chi connectivity index (χ4v) is 2.67. The van der Waals surface area contributed by atoms with Crippen molar-refractivity contribution in [1.82, 2.24) is 10.2 Å². The van der Waals surface area contributed by atoms with Crippen molar-refractivity contribution in [1.29, 1.82) is 0 Å². The van der Waals surface area contributed by atoms with Crippen LogP contribution in [0.25, 0.3) is 0 Å². The third-order valence-electron chi connectivity index (χ3n) is 4.00. The van der Waals surface area contributed by atoms with Crippen LogP contribution in [0.15, 0.2) is 24.3 Å². The van der Waals surface area contributed by atoms with E-state index in [0.29, 0.717) is 11.3 Å². The fourth-order valence-electron chi connectivity index (χ4n) is 2.67. The van der Waals surface area contributed by atoms with Crippen molar-refractivity contribution in [2.24, 2.45) is 0 Å². The Morgan fingerprint density at radius 1 is 1.21 bits per heavy atom. The van der Waals surface area contributed by atoms with Gasteiger partial charge in [-0.2, -0.15) is 0 Å². The van der Waals surface area contributed by atoms with E-state index < -0.39 is 6.10 Å². The first-order valence-corrected chi connectivity index (χ1v) is 8.54. The number of amides is 2. The van der Waals surface area contributed by atoms with Crippen molar-refractivity contribution in [2.75, 3.05) is 26.2 Å². The Hall–Kier alpha value is -2.08. The topological polar surface area (TPSA) is 78.9 Å². The molecule has 1 saturated heterocycles. The summed E-state index contributed by atoms with van der Waals surface area (Å²) in [5, 5.41) is 11.9. The van der Waals surface area contributed by atoms with Crippen molar-refractivity contribution in [3.63, 3.8) is 0 Å². The zero-order valence-electron chi connectivity index (χ0n) is 14.2. The second-order valence-corrected chi connectivity index (χ2v) is 6.14. The first-order valence-electron chi connectivity index (χ1n) is 8.54. The molecule has 0 aliphatic carbocycles. The number of carbonyl (C=O) groups is 2. The van der Waals surface area contributed by atoms with E-state index >= 15 is 0 Å². The monoisotopic (exact) mass is 334 g/mol. The lowest BCUT2D eigenvalue weighted by atomic mass is 10.2. The van der Waals surface area contributed by atoms with Gasteiger partial charge >= 0.3 is 0 Å². The Labute approximate surface area is 142 Å². The van der Waals surface area contributed by atoms with Gasteiger partial charge in [-0.05, 0) is 31.9 Å². The molecule has 1 unspecified atom stereocenters. The minimum Gasteiger partial charge on any atom is -0.483 e. The molecule has 1 aliphatic heterocycles. The largest absolute Gasteiger partial charge is 0.483 e. The summed E-state index contributed by atoms with van der Waals surface area (Å²) in [6.07, 6.45) is 3.77. The van der Waals surface area contributed by atoms with Crippen LogP contribution in [-0.2, 0) is 4.79 Å². The van der Waals surface area contributed by atoms with E-state index in [1.807, 2.05) is 4.90 Å². The highest BCUT2D eigenvalue weighted by molar-refractivity contribution is 5.97. The molecule has 2 rings (SSSR count). The van der Waals surface area contributed by atoms with Crippen molar-refractivity contribution < 1.29 is 19.4 Å². The molecule has 6 heteroatoms. The third kappa shape index (κ3) is 5.53. The van der Waals surface area contributed by atoms with Gasteiger partial charge in [-0.3, -0.25) is 9.59 Å². The van der Waals surface area contributed by atoms with E-state index in [1.54, 1.807) is 31.2 Å². The molecule has 0 bridgehead atoms. The molecule has 0 spiro atoms. The number of para-hydroxylation sites is 1. The minimum absolute atomic E-state index is 0.0453.